The molecule has 0 aromatic heterocycles. The first kappa shape index (κ1) is 12.8. The van der Waals surface area contributed by atoms with Gasteiger partial charge in [0.15, 0.2) is 0 Å². The van der Waals surface area contributed by atoms with Crippen molar-refractivity contribution in [3.63, 3.8) is 0 Å². The predicted molar refractivity (Wildman–Crippen MR) is 59.4 cm³/mol. The number of carboxylic acid groups (broad SMARTS) is 1. The van der Waals surface area contributed by atoms with Crippen molar-refractivity contribution in [2.45, 2.75) is 6.92 Å². The predicted octanol–water partition coefficient (Wildman–Crippen LogP) is 2.87. The van der Waals surface area contributed by atoms with Crippen LogP contribution in [-0.2, 0) is 4.74 Å². The monoisotopic (exact) mass is 262 g/mol. The smallest absolute Gasteiger partial charge is 0.339 e. The minimum Gasteiger partial charge on any atom is -0.478 e. The normalized spacial score (nSPS) is 9.94. The minimum atomic E-state index is -1.26. The van der Waals surface area contributed by atoms with Crippen molar-refractivity contribution in [3.05, 3.63) is 33.3 Å². The lowest BCUT2D eigenvalue weighted by Gasteiger charge is -2.07. The summed E-state index contributed by atoms with van der Waals surface area (Å²) in [7, 11) is 0. The molecule has 0 fully saturated rings. The molecule has 0 aliphatic rings. The maximum Gasteiger partial charge on any atom is 0.339 e. The SMILES string of the molecule is CCOC(=O)c1cc(Cl)c(Cl)cc1C(=O)O. The summed E-state index contributed by atoms with van der Waals surface area (Å²) in [6.07, 6.45) is 0. The zero-order valence-electron chi connectivity index (χ0n) is 8.29. The van der Waals surface area contributed by atoms with Crippen LogP contribution < -0.4 is 0 Å². The van der Waals surface area contributed by atoms with Gasteiger partial charge in [0.25, 0.3) is 0 Å². The molecule has 1 aromatic rings. The lowest BCUT2D eigenvalue weighted by molar-refractivity contribution is 0.0514. The fourth-order valence-electron chi connectivity index (χ4n) is 1.10. The van der Waals surface area contributed by atoms with E-state index in [1.165, 1.54) is 6.07 Å². The summed E-state index contributed by atoms with van der Waals surface area (Å²) >= 11 is 11.4. The van der Waals surface area contributed by atoms with Crippen molar-refractivity contribution >= 4 is 35.1 Å². The summed E-state index contributed by atoms with van der Waals surface area (Å²) in [5.41, 5.74) is -0.336. The number of benzene rings is 1. The number of hydrogen-bond donors (Lipinski definition) is 1. The third kappa shape index (κ3) is 2.65. The highest BCUT2D eigenvalue weighted by molar-refractivity contribution is 6.42. The van der Waals surface area contributed by atoms with E-state index in [4.69, 9.17) is 33.0 Å². The zero-order chi connectivity index (χ0) is 12.3. The van der Waals surface area contributed by atoms with Gasteiger partial charge in [-0.05, 0) is 19.1 Å². The number of aromatic carboxylic acids is 1. The van der Waals surface area contributed by atoms with E-state index in [1.807, 2.05) is 0 Å². The van der Waals surface area contributed by atoms with Gasteiger partial charge in [-0.1, -0.05) is 23.2 Å². The molecule has 4 nitrogen and oxygen atoms in total. The van der Waals surface area contributed by atoms with Crippen LogP contribution in [-0.4, -0.2) is 23.7 Å². The van der Waals surface area contributed by atoms with E-state index in [0.29, 0.717) is 0 Å². The minimum absolute atomic E-state index is 0.0760. The van der Waals surface area contributed by atoms with Gasteiger partial charge in [-0.3, -0.25) is 0 Å². The van der Waals surface area contributed by atoms with E-state index in [2.05, 4.69) is 0 Å². The molecule has 1 rings (SSSR count). The fraction of sp³-hybridized carbons (Fsp3) is 0.200. The van der Waals surface area contributed by atoms with Gasteiger partial charge in [0.05, 0.1) is 27.8 Å². The Bertz CT molecular complexity index is 443. The maximum atomic E-state index is 11.4. The van der Waals surface area contributed by atoms with Crippen molar-refractivity contribution < 1.29 is 19.4 Å². The van der Waals surface area contributed by atoms with Gasteiger partial charge < -0.3 is 9.84 Å². The van der Waals surface area contributed by atoms with Crippen molar-refractivity contribution in [3.8, 4) is 0 Å². The van der Waals surface area contributed by atoms with Crippen LogP contribution in [0.25, 0.3) is 0 Å². The van der Waals surface area contributed by atoms with E-state index in [1.54, 1.807) is 6.92 Å². The lowest BCUT2D eigenvalue weighted by Crippen LogP contribution is -2.11. The van der Waals surface area contributed by atoms with Crippen LogP contribution in [0.5, 0.6) is 0 Å². The van der Waals surface area contributed by atoms with Gasteiger partial charge in [0.2, 0.25) is 0 Å². The van der Waals surface area contributed by atoms with Crippen LogP contribution in [0.3, 0.4) is 0 Å². The van der Waals surface area contributed by atoms with E-state index in [9.17, 15) is 9.59 Å². The molecule has 0 radical (unpaired) electrons. The first-order valence-corrected chi connectivity index (χ1v) is 5.12. The van der Waals surface area contributed by atoms with Gasteiger partial charge >= 0.3 is 11.9 Å². The number of hydrogen-bond acceptors (Lipinski definition) is 3. The Kier molecular flexibility index (Phi) is 4.15. The second-order valence-electron chi connectivity index (χ2n) is 2.84. The second-order valence-corrected chi connectivity index (χ2v) is 3.65. The third-order valence-corrected chi connectivity index (χ3v) is 2.51. The number of halogens is 2. The Morgan fingerprint density at radius 2 is 1.75 bits per heavy atom. The quantitative estimate of drug-likeness (QED) is 0.851. The van der Waals surface area contributed by atoms with Crippen LogP contribution in [0.15, 0.2) is 12.1 Å². The molecule has 1 aromatic carbocycles. The molecule has 0 saturated carbocycles. The summed E-state index contributed by atoms with van der Waals surface area (Å²) in [6.45, 7) is 1.77. The van der Waals surface area contributed by atoms with Crippen LogP contribution in [0, 0.1) is 0 Å². The highest BCUT2D eigenvalue weighted by atomic mass is 35.5. The maximum absolute atomic E-state index is 11.4. The first-order valence-electron chi connectivity index (χ1n) is 4.36. The number of ether oxygens (including phenoxy) is 1. The molecule has 16 heavy (non-hydrogen) atoms. The number of carbonyl (C=O) groups excluding carboxylic acids is 1. The second kappa shape index (κ2) is 5.18. The van der Waals surface area contributed by atoms with E-state index in [-0.39, 0.29) is 27.8 Å². The van der Waals surface area contributed by atoms with Crippen LogP contribution >= 0.6 is 23.2 Å². The number of rotatable bonds is 3. The van der Waals surface area contributed by atoms with Gasteiger partial charge in [-0.25, -0.2) is 9.59 Å². The molecular formula is C10H8Cl2O4. The topological polar surface area (TPSA) is 63.6 Å². The summed E-state index contributed by atoms with van der Waals surface area (Å²) in [4.78, 5) is 22.3. The Balaban J connectivity index is 3.30. The summed E-state index contributed by atoms with van der Waals surface area (Å²) in [5.74, 6) is -2.00. The molecule has 0 aliphatic carbocycles. The van der Waals surface area contributed by atoms with Crippen molar-refractivity contribution in [2.75, 3.05) is 6.61 Å². The van der Waals surface area contributed by atoms with Crippen molar-refractivity contribution in [1.29, 1.82) is 0 Å². The molecule has 0 aliphatic heterocycles. The first-order chi connectivity index (χ1) is 7.47. The Hall–Kier alpha value is -1.26. The molecular weight excluding hydrogens is 255 g/mol. The number of carbonyl (C=O) groups is 2. The zero-order valence-corrected chi connectivity index (χ0v) is 9.80. The standard InChI is InChI=1S/C10H8Cl2O4/c1-2-16-10(15)6-4-8(12)7(11)3-5(6)9(13)14/h3-4H,2H2,1H3,(H,13,14). The average molecular weight is 263 g/mol. The molecule has 6 heteroatoms. The van der Waals surface area contributed by atoms with Crippen LogP contribution in [0.2, 0.25) is 10.0 Å². The third-order valence-electron chi connectivity index (χ3n) is 1.79. The molecule has 0 bridgehead atoms. The fourth-order valence-corrected chi connectivity index (χ4v) is 1.43. The molecule has 1 N–H and O–H groups in total. The Labute approximate surface area is 102 Å². The Morgan fingerprint density at radius 3 is 2.19 bits per heavy atom. The molecule has 0 atom stereocenters. The number of carboxylic acids is 1. The van der Waals surface area contributed by atoms with Gasteiger partial charge in [0.1, 0.15) is 0 Å². The summed E-state index contributed by atoms with van der Waals surface area (Å²) in [5, 5.41) is 9.07. The molecule has 0 heterocycles. The number of esters is 1. The van der Waals surface area contributed by atoms with Crippen molar-refractivity contribution in [2.24, 2.45) is 0 Å². The van der Waals surface area contributed by atoms with Crippen LogP contribution in [0.1, 0.15) is 27.6 Å². The summed E-state index contributed by atoms with van der Waals surface area (Å²) in [6, 6.07) is 2.31. The van der Waals surface area contributed by atoms with Gasteiger partial charge in [0, 0.05) is 0 Å². The molecule has 0 unspecified atom stereocenters. The van der Waals surface area contributed by atoms with Gasteiger partial charge in [-0.2, -0.15) is 0 Å². The highest BCUT2D eigenvalue weighted by Gasteiger charge is 2.19. The molecule has 0 spiro atoms. The van der Waals surface area contributed by atoms with E-state index in [0.717, 1.165) is 6.07 Å². The summed E-state index contributed by atoms with van der Waals surface area (Å²) < 4.78 is 4.71. The Morgan fingerprint density at radius 1 is 1.25 bits per heavy atom. The highest BCUT2D eigenvalue weighted by Crippen LogP contribution is 2.26. The van der Waals surface area contributed by atoms with Crippen molar-refractivity contribution in [1.82, 2.24) is 0 Å². The largest absolute Gasteiger partial charge is 0.478 e. The van der Waals surface area contributed by atoms with E-state index < -0.39 is 11.9 Å². The molecule has 0 amide bonds. The average Bonchev–Trinajstić information content (AvgIpc) is 2.21. The lowest BCUT2D eigenvalue weighted by atomic mass is 10.1. The van der Waals surface area contributed by atoms with Gasteiger partial charge in [-0.15, -0.1) is 0 Å². The van der Waals surface area contributed by atoms with E-state index >= 15 is 0 Å². The molecule has 86 valence electrons. The van der Waals surface area contributed by atoms with Crippen LogP contribution in [0.4, 0.5) is 0 Å². The molecule has 0 saturated heterocycles.